The highest BCUT2D eigenvalue weighted by Crippen LogP contribution is 2.18. The van der Waals surface area contributed by atoms with E-state index in [9.17, 15) is 9.59 Å². The zero-order chi connectivity index (χ0) is 15.4. The third-order valence-electron chi connectivity index (χ3n) is 4.03. The van der Waals surface area contributed by atoms with Crippen LogP contribution in [0, 0.1) is 6.92 Å². The molecule has 0 saturated carbocycles. The number of amides is 1. The fourth-order valence-electron chi connectivity index (χ4n) is 2.92. The van der Waals surface area contributed by atoms with Gasteiger partial charge in [0, 0.05) is 0 Å². The molecule has 1 aromatic carbocycles. The van der Waals surface area contributed by atoms with Gasteiger partial charge in [-0.1, -0.05) is 24.3 Å². The highest BCUT2D eigenvalue weighted by molar-refractivity contribution is 5.80. The molecule has 114 valence electrons. The van der Waals surface area contributed by atoms with Gasteiger partial charge in [0.25, 0.3) is 0 Å². The molecule has 2 rings (SSSR count). The zero-order valence-electron chi connectivity index (χ0n) is 12.5. The van der Waals surface area contributed by atoms with Crippen molar-refractivity contribution in [1.82, 2.24) is 10.2 Å². The van der Waals surface area contributed by atoms with Gasteiger partial charge >= 0.3 is 5.97 Å². The molecule has 0 bridgehead atoms. The van der Waals surface area contributed by atoms with Gasteiger partial charge in [-0.15, -0.1) is 0 Å². The Morgan fingerprint density at radius 3 is 2.81 bits per heavy atom. The summed E-state index contributed by atoms with van der Waals surface area (Å²) in [5.74, 6) is -0.967. The van der Waals surface area contributed by atoms with Gasteiger partial charge in [0.2, 0.25) is 5.91 Å². The lowest BCUT2D eigenvalue weighted by atomic mass is 10.0. The summed E-state index contributed by atoms with van der Waals surface area (Å²) in [6, 6.07) is 7.32. The Balaban J connectivity index is 1.93. The molecule has 21 heavy (non-hydrogen) atoms. The van der Waals surface area contributed by atoms with Crippen LogP contribution in [0.1, 0.15) is 36.9 Å². The Labute approximate surface area is 125 Å². The van der Waals surface area contributed by atoms with Crippen LogP contribution < -0.4 is 5.32 Å². The highest BCUT2D eigenvalue weighted by Gasteiger charge is 2.31. The lowest BCUT2D eigenvalue weighted by Gasteiger charge is -2.22. The van der Waals surface area contributed by atoms with E-state index in [0.29, 0.717) is 13.0 Å². The number of carbonyl (C=O) groups excluding carboxylic acids is 1. The molecule has 5 nitrogen and oxygen atoms in total. The van der Waals surface area contributed by atoms with Crippen LogP contribution in [0.3, 0.4) is 0 Å². The molecule has 0 spiro atoms. The highest BCUT2D eigenvalue weighted by atomic mass is 16.4. The van der Waals surface area contributed by atoms with E-state index in [2.05, 4.69) is 5.32 Å². The van der Waals surface area contributed by atoms with E-state index in [1.165, 1.54) is 0 Å². The van der Waals surface area contributed by atoms with E-state index in [0.717, 1.165) is 17.5 Å². The standard InChI is InChI=1S/C16H22N2O3/c1-11-6-3-4-7-13(11)12(2)17-15(19)10-18-9-5-8-14(18)16(20)21/h3-4,6-7,12,14H,5,8-10H2,1-2H3,(H,17,19)(H,20,21)/t12-,14-/m1/s1. The number of carboxylic acid groups (broad SMARTS) is 1. The second-order valence-corrected chi connectivity index (χ2v) is 5.61. The van der Waals surface area contributed by atoms with Crippen molar-refractivity contribution in [1.29, 1.82) is 0 Å². The van der Waals surface area contributed by atoms with Crippen molar-refractivity contribution in [2.24, 2.45) is 0 Å². The van der Waals surface area contributed by atoms with E-state index in [-0.39, 0.29) is 18.5 Å². The molecular weight excluding hydrogens is 268 g/mol. The number of carboxylic acids is 1. The van der Waals surface area contributed by atoms with Gasteiger partial charge in [0.05, 0.1) is 12.6 Å². The molecule has 2 atom stereocenters. The van der Waals surface area contributed by atoms with Crippen LogP contribution in [0.4, 0.5) is 0 Å². The quantitative estimate of drug-likeness (QED) is 0.866. The lowest BCUT2D eigenvalue weighted by molar-refractivity contribution is -0.142. The zero-order valence-corrected chi connectivity index (χ0v) is 12.5. The number of rotatable bonds is 5. The van der Waals surface area contributed by atoms with Gasteiger partial charge in [0.15, 0.2) is 0 Å². The summed E-state index contributed by atoms with van der Waals surface area (Å²) in [5.41, 5.74) is 2.22. The average Bonchev–Trinajstić information content (AvgIpc) is 2.87. The van der Waals surface area contributed by atoms with Crippen LogP contribution in [0.5, 0.6) is 0 Å². The number of benzene rings is 1. The molecule has 0 aromatic heterocycles. The van der Waals surface area contributed by atoms with Crippen LogP contribution in [0.15, 0.2) is 24.3 Å². The van der Waals surface area contributed by atoms with Crippen molar-refractivity contribution < 1.29 is 14.7 Å². The molecule has 0 aliphatic carbocycles. The predicted octanol–water partition coefficient (Wildman–Crippen LogP) is 1.72. The third-order valence-corrected chi connectivity index (χ3v) is 4.03. The first kappa shape index (κ1) is 15.5. The third kappa shape index (κ3) is 3.82. The maximum absolute atomic E-state index is 12.1. The molecule has 1 aliphatic heterocycles. The smallest absolute Gasteiger partial charge is 0.320 e. The monoisotopic (exact) mass is 290 g/mol. The number of likely N-dealkylation sites (tertiary alicyclic amines) is 1. The average molecular weight is 290 g/mol. The molecule has 5 heteroatoms. The van der Waals surface area contributed by atoms with Crippen molar-refractivity contribution in [3.8, 4) is 0 Å². The number of hydrogen-bond acceptors (Lipinski definition) is 3. The first-order chi connectivity index (χ1) is 9.99. The van der Waals surface area contributed by atoms with Gasteiger partial charge < -0.3 is 10.4 Å². The summed E-state index contributed by atoms with van der Waals surface area (Å²) in [4.78, 5) is 25.0. The Morgan fingerprint density at radius 2 is 2.14 bits per heavy atom. The van der Waals surface area contributed by atoms with Crippen molar-refractivity contribution in [3.63, 3.8) is 0 Å². The van der Waals surface area contributed by atoms with Gasteiger partial charge in [-0.2, -0.15) is 0 Å². The largest absolute Gasteiger partial charge is 0.480 e. The molecular formula is C16H22N2O3. The molecule has 0 unspecified atom stereocenters. The van der Waals surface area contributed by atoms with E-state index in [1.54, 1.807) is 4.90 Å². The maximum Gasteiger partial charge on any atom is 0.320 e. The molecule has 1 aliphatic rings. The number of hydrogen-bond donors (Lipinski definition) is 2. The number of aryl methyl sites for hydroxylation is 1. The topological polar surface area (TPSA) is 69.6 Å². The SMILES string of the molecule is Cc1ccccc1[C@@H](C)NC(=O)CN1CCC[C@@H]1C(=O)O. The van der Waals surface area contributed by atoms with Gasteiger partial charge in [0.1, 0.15) is 6.04 Å². The van der Waals surface area contributed by atoms with Gasteiger partial charge in [-0.25, -0.2) is 0 Å². The summed E-state index contributed by atoms with van der Waals surface area (Å²) < 4.78 is 0. The summed E-state index contributed by atoms with van der Waals surface area (Å²) in [7, 11) is 0. The van der Waals surface area contributed by atoms with Gasteiger partial charge in [-0.3, -0.25) is 14.5 Å². The first-order valence-electron chi connectivity index (χ1n) is 7.31. The predicted molar refractivity (Wildman–Crippen MR) is 80.0 cm³/mol. The van der Waals surface area contributed by atoms with E-state index in [4.69, 9.17) is 5.11 Å². The molecule has 1 amide bonds. The van der Waals surface area contributed by atoms with Crippen LogP contribution in [0.2, 0.25) is 0 Å². The summed E-state index contributed by atoms with van der Waals surface area (Å²) in [5, 5.41) is 12.1. The fourth-order valence-corrected chi connectivity index (χ4v) is 2.92. The van der Waals surface area contributed by atoms with Crippen LogP contribution >= 0.6 is 0 Å². The van der Waals surface area contributed by atoms with Gasteiger partial charge in [-0.05, 0) is 44.4 Å². The van der Waals surface area contributed by atoms with E-state index >= 15 is 0 Å². The molecule has 1 heterocycles. The Kier molecular flexibility index (Phi) is 4.96. The Hall–Kier alpha value is -1.88. The molecule has 1 fully saturated rings. The molecule has 2 N–H and O–H groups in total. The summed E-state index contributed by atoms with van der Waals surface area (Å²) >= 11 is 0. The lowest BCUT2D eigenvalue weighted by Crippen LogP contribution is -2.43. The fraction of sp³-hybridized carbons (Fsp3) is 0.500. The van der Waals surface area contributed by atoms with E-state index in [1.807, 2.05) is 38.1 Å². The number of nitrogens with one attached hydrogen (secondary N) is 1. The number of carbonyl (C=O) groups is 2. The molecule has 1 saturated heterocycles. The van der Waals surface area contributed by atoms with Crippen molar-refractivity contribution in [3.05, 3.63) is 35.4 Å². The molecule has 1 aromatic rings. The Bertz CT molecular complexity index is 530. The van der Waals surface area contributed by atoms with Crippen molar-refractivity contribution in [2.75, 3.05) is 13.1 Å². The molecule has 0 radical (unpaired) electrons. The summed E-state index contributed by atoms with van der Waals surface area (Å²) in [6.45, 7) is 4.77. The normalized spacial score (nSPS) is 20.2. The Morgan fingerprint density at radius 1 is 1.43 bits per heavy atom. The van der Waals surface area contributed by atoms with Crippen LogP contribution in [0.25, 0.3) is 0 Å². The number of aliphatic carboxylic acids is 1. The van der Waals surface area contributed by atoms with Crippen LogP contribution in [-0.2, 0) is 9.59 Å². The van der Waals surface area contributed by atoms with E-state index < -0.39 is 12.0 Å². The first-order valence-corrected chi connectivity index (χ1v) is 7.31. The second-order valence-electron chi connectivity index (χ2n) is 5.61. The second kappa shape index (κ2) is 6.72. The maximum atomic E-state index is 12.1. The van der Waals surface area contributed by atoms with Crippen LogP contribution in [-0.4, -0.2) is 41.0 Å². The number of nitrogens with zero attached hydrogens (tertiary/aromatic N) is 1. The summed E-state index contributed by atoms with van der Waals surface area (Å²) in [6.07, 6.45) is 1.45. The minimum atomic E-state index is -0.841. The van der Waals surface area contributed by atoms with Crippen molar-refractivity contribution >= 4 is 11.9 Å². The minimum absolute atomic E-state index is 0.0791. The van der Waals surface area contributed by atoms with Crippen molar-refractivity contribution in [2.45, 2.75) is 38.8 Å². The minimum Gasteiger partial charge on any atom is -0.480 e.